The molecule has 1 N–H and O–H groups in total. The molecule has 34 heavy (non-hydrogen) atoms. The van der Waals surface area contributed by atoms with Gasteiger partial charge in [0.1, 0.15) is 17.6 Å². The maximum Gasteiger partial charge on any atom is 0.119 e. The lowest BCUT2D eigenvalue weighted by molar-refractivity contribution is 0.204. The number of nitrogens with zero attached hydrogens (tertiary/aromatic N) is 2. The fraction of sp³-hybridized carbons (Fsp3) is 0.586. The number of hydrogen-bond acceptors (Lipinski definition) is 5. The predicted octanol–water partition coefficient (Wildman–Crippen LogP) is 5.26. The second kappa shape index (κ2) is 11.6. The summed E-state index contributed by atoms with van der Waals surface area (Å²) >= 11 is 0. The molecule has 2 aliphatic heterocycles. The number of piperidine rings is 2. The zero-order valence-electron chi connectivity index (χ0n) is 20.5. The van der Waals surface area contributed by atoms with Crippen molar-refractivity contribution < 1.29 is 14.6 Å². The second-order valence-electron chi connectivity index (χ2n) is 10.1. The average molecular weight is 465 g/mol. The number of rotatable bonds is 10. The van der Waals surface area contributed by atoms with E-state index in [9.17, 15) is 5.11 Å². The third kappa shape index (κ3) is 5.76. The topological polar surface area (TPSA) is 45.2 Å². The van der Waals surface area contributed by atoms with Crippen LogP contribution in [0.5, 0.6) is 11.5 Å². The van der Waals surface area contributed by atoms with Gasteiger partial charge in [0.15, 0.2) is 0 Å². The Morgan fingerprint density at radius 2 is 1.21 bits per heavy atom. The number of aliphatic hydroxyl groups is 1. The van der Waals surface area contributed by atoms with Crippen LogP contribution in [0, 0.1) is 0 Å². The minimum atomic E-state index is -0.602. The van der Waals surface area contributed by atoms with Gasteiger partial charge in [-0.1, -0.05) is 25.0 Å². The van der Waals surface area contributed by atoms with Gasteiger partial charge in [0.2, 0.25) is 0 Å². The van der Waals surface area contributed by atoms with Crippen molar-refractivity contribution in [2.75, 3.05) is 52.5 Å². The lowest BCUT2D eigenvalue weighted by Crippen LogP contribution is -2.31. The Balaban J connectivity index is 1.13. The maximum atomic E-state index is 10.9. The van der Waals surface area contributed by atoms with Gasteiger partial charge >= 0.3 is 0 Å². The standard InChI is InChI=1S/C29H40N2O3/c32-29-26-12-10-23(33-19-7-17-30-13-3-1-4-14-30)21-27(26)25-11-9-24(22-28(25)29)34-20-8-18-31-15-5-2-6-16-31/h9-12,21-22,29,32H,1-8,13-20H2. The van der Waals surface area contributed by atoms with Crippen molar-refractivity contribution in [3.05, 3.63) is 47.5 Å². The highest BCUT2D eigenvalue weighted by molar-refractivity contribution is 5.79. The van der Waals surface area contributed by atoms with Crippen molar-refractivity contribution in [2.24, 2.45) is 0 Å². The SMILES string of the molecule is OC1c2ccc(OCCCN3CCCCC3)cc2-c2ccc(OCCCN3CCCCC3)cc21. The van der Waals surface area contributed by atoms with Crippen molar-refractivity contribution in [1.29, 1.82) is 0 Å². The highest BCUT2D eigenvalue weighted by atomic mass is 16.5. The predicted molar refractivity (Wildman–Crippen MR) is 137 cm³/mol. The first kappa shape index (κ1) is 23.7. The smallest absolute Gasteiger partial charge is 0.119 e. The summed E-state index contributed by atoms with van der Waals surface area (Å²) in [7, 11) is 0. The van der Waals surface area contributed by atoms with Crippen molar-refractivity contribution in [3.63, 3.8) is 0 Å². The Labute approximate surface area is 204 Å². The highest BCUT2D eigenvalue weighted by Gasteiger charge is 2.28. The molecule has 1 aliphatic carbocycles. The quantitative estimate of drug-likeness (QED) is 0.486. The highest BCUT2D eigenvalue weighted by Crippen LogP contribution is 2.46. The van der Waals surface area contributed by atoms with Gasteiger partial charge in [-0.3, -0.25) is 0 Å². The van der Waals surface area contributed by atoms with E-state index in [2.05, 4.69) is 21.9 Å². The summed E-state index contributed by atoms with van der Waals surface area (Å²) in [6.45, 7) is 8.60. The number of ether oxygens (including phenoxy) is 2. The molecule has 0 aromatic heterocycles. The molecule has 2 fully saturated rings. The third-order valence-electron chi connectivity index (χ3n) is 7.60. The minimum Gasteiger partial charge on any atom is -0.494 e. The first-order valence-electron chi connectivity index (χ1n) is 13.4. The van der Waals surface area contributed by atoms with Crippen LogP contribution in [0.25, 0.3) is 11.1 Å². The number of fused-ring (bicyclic) bond motifs is 3. The van der Waals surface area contributed by atoms with E-state index in [1.807, 2.05) is 24.3 Å². The van der Waals surface area contributed by atoms with Crippen LogP contribution in [0.15, 0.2) is 36.4 Å². The molecular formula is C29H40N2O3. The number of aliphatic hydroxyl groups excluding tert-OH is 1. The van der Waals surface area contributed by atoms with Gasteiger partial charge in [-0.05, 0) is 111 Å². The lowest BCUT2D eigenvalue weighted by Gasteiger charge is -2.26. The van der Waals surface area contributed by atoms with Gasteiger partial charge in [-0.25, -0.2) is 0 Å². The van der Waals surface area contributed by atoms with Crippen LogP contribution in [0.2, 0.25) is 0 Å². The molecule has 0 radical (unpaired) electrons. The van der Waals surface area contributed by atoms with Crippen LogP contribution in [0.3, 0.4) is 0 Å². The molecule has 2 saturated heterocycles. The van der Waals surface area contributed by atoms with Crippen LogP contribution in [0.4, 0.5) is 0 Å². The summed E-state index contributed by atoms with van der Waals surface area (Å²) < 4.78 is 12.1. The van der Waals surface area contributed by atoms with Gasteiger partial charge in [-0.15, -0.1) is 0 Å². The molecule has 0 spiro atoms. The molecule has 5 rings (SSSR count). The molecule has 5 nitrogen and oxygen atoms in total. The zero-order chi connectivity index (χ0) is 23.2. The Morgan fingerprint density at radius 1 is 0.647 bits per heavy atom. The van der Waals surface area contributed by atoms with Gasteiger partial charge in [0.25, 0.3) is 0 Å². The monoisotopic (exact) mass is 464 g/mol. The van der Waals surface area contributed by atoms with Crippen molar-refractivity contribution in [3.8, 4) is 22.6 Å². The van der Waals surface area contributed by atoms with E-state index in [4.69, 9.17) is 9.47 Å². The Morgan fingerprint density at radius 3 is 1.82 bits per heavy atom. The van der Waals surface area contributed by atoms with Crippen LogP contribution >= 0.6 is 0 Å². The summed E-state index contributed by atoms with van der Waals surface area (Å²) in [5.74, 6) is 1.73. The molecule has 2 aromatic rings. The van der Waals surface area contributed by atoms with Crippen molar-refractivity contribution in [2.45, 2.75) is 57.5 Å². The molecule has 184 valence electrons. The van der Waals surface area contributed by atoms with Crippen LogP contribution in [0.1, 0.15) is 68.6 Å². The summed E-state index contributed by atoms with van der Waals surface area (Å²) in [4.78, 5) is 5.10. The first-order chi connectivity index (χ1) is 16.8. The van der Waals surface area contributed by atoms with Crippen LogP contribution < -0.4 is 9.47 Å². The normalized spacial score (nSPS) is 20.7. The number of benzene rings is 2. The molecule has 0 saturated carbocycles. The van der Waals surface area contributed by atoms with E-state index in [0.29, 0.717) is 6.61 Å². The average Bonchev–Trinajstić information content (AvgIpc) is 3.16. The van der Waals surface area contributed by atoms with E-state index < -0.39 is 6.10 Å². The Bertz CT molecular complexity index is 935. The molecule has 2 heterocycles. The van der Waals surface area contributed by atoms with E-state index in [-0.39, 0.29) is 0 Å². The van der Waals surface area contributed by atoms with Crippen molar-refractivity contribution in [1.82, 2.24) is 9.80 Å². The molecule has 0 amide bonds. The third-order valence-corrected chi connectivity index (χ3v) is 7.60. The van der Waals surface area contributed by atoms with Crippen molar-refractivity contribution >= 4 is 0 Å². The Kier molecular flexibility index (Phi) is 8.05. The van der Waals surface area contributed by atoms with E-state index in [0.717, 1.165) is 66.3 Å². The lowest BCUT2D eigenvalue weighted by atomic mass is 10.1. The fourth-order valence-electron chi connectivity index (χ4n) is 5.69. The van der Waals surface area contributed by atoms with Gasteiger partial charge in [0, 0.05) is 13.1 Å². The fourth-order valence-corrected chi connectivity index (χ4v) is 5.69. The van der Waals surface area contributed by atoms with Crippen LogP contribution in [-0.2, 0) is 0 Å². The molecule has 2 aromatic carbocycles. The zero-order valence-corrected chi connectivity index (χ0v) is 20.5. The molecule has 1 unspecified atom stereocenters. The molecule has 3 aliphatic rings. The summed E-state index contributed by atoms with van der Waals surface area (Å²) in [5, 5.41) is 10.9. The number of hydrogen-bond donors (Lipinski definition) is 1. The molecular weight excluding hydrogens is 424 g/mol. The van der Waals surface area contributed by atoms with Crippen LogP contribution in [-0.4, -0.2) is 67.4 Å². The minimum absolute atomic E-state index is 0.602. The number of likely N-dealkylation sites (tertiary alicyclic amines) is 2. The van der Waals surface area contributed by atoms with Gasteiger partial charge in [-0.2, -0.15) is 0 Å². The van der Waals surface area contributed by atoms with E-state index in [1.54, 1.807) is 0 Å². The largest absolute Gasteiger partial charge is 0.494 e. The second-order valence-corrected chi connectivity index (χ2v) is 10.1. The van der Waals surface area contributed by atoms with Gasteiger partial charge in [0.05, 0.1) is 13.2 Å². The van der Waals surface area contributed by atoms with E-state index >= 15 is 0 Å². The maximum absolute atomic E-state index is 10.9. The summed E-state index contributed by atoms with van der Waals surface area (Å²) in [6.07, 6.45) is 9.56. The first-order valence-corrected chi connectivity index (χ1v) is 13.4. The van der Waals surface area contributed by atoms with E-state index in [1.165, 1.54) is 64.7 Å². The molecule has 0 bridgehead atoms. The summed E-state index contributed by atoms with van der Waals surface area (Å²) in [6, 6.07) is 12.2. The molecule has 5 heteroatoms. The molecule has 1 atom stereocenters. The summed E-state index contributed by atoms with van der Waals surface area (Å²) in [5.41, 5.74) is 4.05. The van der Waals surface area contributed by atoms with Gasteiger partial charge < -0.3 is 24.4 Å². The Hall–Kier alpha value is -2.08.